The number of carbonyl (C=O) groups is 2. The number of nitro benzene ring substituents is 1. The number of benzene rings is 2. The smallest absolute Gasteiger partial charge is 0.293 e. The molecule has 1 saturated heterocycles. The van der Waals surface area contributed by atoms with Crippen molar-refractivity contribution in [3.63, 3.8) is 0 Å². The molecule has 0 N–H and O–H groups in total. The molecule has 32 heavy (non-hydrogen) atoms. The fraction of sp³-hybridized carbons (Fsp3) is 0.0476. The topological polar surface area (TPSA) is 93.7 Å². The molecule has 2 heterocycles. The highest BCUT2D eigenvalue weighted by atomic mass is 35.5. The quantitative estimate of drug-likeness (QED) is 0.228. The van der Waals surface area contributed by atoms with Crippen molar-refractivity contribution in [2.45, 2.75) is 6.54 Å². The number of nitro groups is 1. The molecule has 4 rings (SSSR count). The molecular formula is C21H11Cl2FN2O5S. The summed E-state index contributed by atoms with van der Waals surface area (Å²) in [5.41, 5.74) is 0.00916. The Bertz CT molecular complexity index is 1290. The molecule has 11 heteroatoms. The van der Waals surface area contributed by atoms with Crippen molar-refractivity contribution >= 4 is 57.9 Å². The van der Waals surface area contributed by atoms with Crippen molar-refractivity contribution in [2.24, 2.45) is 0 Å². The number of thioether (sulfide) groups is 1. The van der Waals surface area contributed by atoms with E-state index in [2.05, 4.69) is 0 Å². The monoisotopic (exact) mass is 492 g/mol. The molecule has 1 aliphatic heterocycles. The molecule has 1 aromatic heterocycles. The molecule has 0 atom stereocenters. The second kappa shape index (κ2) is 8.78. The molecule has 0 unspecified atom stereocenters. The van der Waals surface area contributed by atoms with Crippen LogP contribution in [-0.4, -0.2) is 21.0 Å². The standard InChI is InChI=1S/C21H11Cl2FN2O5S/c22-11-4-6-13(17(8-11)26(29)30)18-7-5-12(31-18)9-19-20(27)25(21(28)32-19)10-14-15(23)2-1-3-16(14)24/h1-9H,10H2/b19-9-. The molecule has 0 bridgehead atoms. The fourth-order valence-corrected chi connectivity index (χ4v) is 4.25. The predicted molar refractivity (Wildman–Crippen MR) is 119 cm³/mol. The van der Waals surface area contributed by atoms with Crippen molar-refractivity contribution in [2.75, 3.05) is 0 Å². The van der Waals surface area contributed by atoms with Gasteiger partial charge in [0.05, 0.1) is 21.9 Å². The van der Waals surface area contributed by atoms with Crippen LogP contribution in [0.1, 0.15) is 11.3 Å². The maximum Gasteiger partial charge on any atom is 0.293 e. The first kappa shape index (κ1) is 22.1. The summed E-state index contributed by atoms with van der Waals surface area (Å²) in [5.74, 6) is -0.855. The summed E-state index contributed by atoms with van der Waals surface area (Å²) in [6.07, 6.45) is 1.35. The van der Waals surface area contributed by atoms with Gasteiger partial charge < -0.3 is 4.42 Å². The van der Waals surface area contributed by atoms with Crippen LogP contribution in [0.5, 0.6) is 0 Å². The third-order valence-corrected chi connectivity index (χ3v) is 6.07. The Morgan fingerprint density at radius 1 is 1.16 bits per heavy atom. The van der Waals surface area contributed by atoms with Gasteiger partial charge in [0, 0.05) is 27.8 Å². The largest absolute Gasteiger partial charge is 0.456 e. The minimum Gasteiger partial charge on any atom is -0.456 e. The third kappa shape index (κ3) is 4.27. The van der Waals surface area contributed by atoms with Crippen LogP contribution in [0.2, 0.25) is 10.0 Å². The van der Waals surface area contributed by atoms with E-state index in [9.17, 15) is 24.1 Å². The summed E-state index contributed by atoms with van der Waals surface area (Å²) in [6, 6.07) is 11.2. The van der Waals surface area contributed by atoms with Crippen LogP contribution in [0.4, 0.5) is 14.9 Å². The lowest BCUT2D eigenvalue weighted by atomic mass is 10.1. The predicted octanol–water partition coefficient (Wildman–Crippen LogP) is 6.54. The van der Waals surface area contributed by atoms with Crippen molar-refractivity contribution in [1.29, 1.82) is 0 Å². The van der Waals surface area contributed by atoms with Crippen molar-refractivity contribution in [3.8, 4) is 11.3 Å². The second-order valence-corrected chi connectivity index (χ2v) is 8.43. The summed E-state index contributed by atoms with van der Waals surface area (Å²) in [7, 11) is 0. The average molecular weight is 493 g/mol. The molecule has 162 valence electrons. The lowest BCUT2D eigenvalue weighted by Gasteiger charge is -2.14. The average Bonchev–Trinajstić information content (AvgIpc) is 3.30. The molecule has 1 aliphatic rings. The highest BCUT2D eigenvalue weighted by molar-refractivity contribution is 8.18. The lowest BCUT2D eigenvalue weighted by Crippen LogP contribution is -2.28. The Labute approximate surface area is 194 Å². The van der Waals surface area contributed by atoms with Crippen LogP contribution >= 0.6 is 35.0 Å². The minimum absolute atomic E-state index is 0.0352. The first-order valence-electron chi connectivity index (χ1n) is 8.97. The Morgan fingerprint density at radius 3 is 2.66 bits per heavy atom. The highest BCUT2D eigenvalue weighted by Crippen LogP contribution is 2.37. The fourth-order valence-electron chi connectivity index (χ4n) is 3.05. The maximum atomic E-state index is 14.1. The van der Waals surface area contributed by atoms with E-state index in [1.807, 2.05) is 0 Å². The van der Waals surface area contributed by atoms with Gasteiger partial charge in [0.2, 0.25) is 0 Å². The van der Waals surface area contributed by atoms with Crippen LogP contribution < -0.4 is 0 Å². The van der Waals surface area contributed by atoms with Gasteiger partial charge in [-0.1, -0.05) is 29.3 Å². The highest BCUT2D eigenvalue weighted by Gasteiger charge is 2.36. The molecule has 2 amide bonds. The summed E-state index contributed by atoms with van der Waals surface area (Å²) >= 11 is 12.5. The Morgan fingerprint density at radius 2 is 1.94 bits per heavy atom. The van der Waals surface area contributed by atoms with Crippen LogP contribution in [-0.2, 0) is 11.3 Å². The van der Waals surface area contributed by atoms with Gasteiger partial charge in [-0.05, 0) is 48.2 Å². The van der Waals surface area contributed by atoms with E-state index in [-0.39, 0.29) is 49.8 Å². The van der Waals surface area contributed by atoms with Crippen molar-refractivity contribution in [3.05, 3.63) is 90.7 Å². The van der Waals surface area contributed by atoms with Crippen LogP contribution in [0.3, 0.4) is 0 Å². The van der Waals surface area contributed by atoms with E-state index in [0.29, 0.717) is 11.8 Å². The minimum atomic E-state index is -0.630. The number of furan rings is 1. The number of hydrogen-bond acceptors (Lipinski definition) is 6. The molecule has 0 radical (unpaired) electrons. The summed E-state index contributed by atoms with van der Waals surface area (Å²) in [4.78, 5) is 36.7. The number of hydrogen-bond donors (Lipinski definition) is 0. The zero-order valence-electron chi connectivity index (χ0n) is 15.9. The number of halogens is 3. The molecule has 0 saturated carbocycles. The normalized spacial score (nSPS) is 15.1. The second-order valence-electron chi connectivity index (χ2n) is 6.59. The number of carbonyl (C=O) groups excluding carboxylic acids is 2. The molecule has 0 spiro atoms. The third-order valence-electron chi connectivity index (χ3n) is 4.57. The van der Waals surface area contributed by atoms with E-state index in [1.54, 1.807) is 0 Å². The zero-order valence-corrected chi connectivity index (χ0v) is 18.2. The van der Waals surface area contributed by atoms with Crippen LogP contribution in [0, 0.1) is 15.9 Å². The van der Waals surface area contributed by atoms with Gasteiger partial charge in [-0.15, -0.1) is 0 Å². The molecule has 2 aromatic carbocycles. The van der Waals surface area contributed by atoms with Gasteiger partial charge in [0.15, 0.2) is 0 Å². The molecule has 1 fully saturated rings. The lowest BCUT2D eigenvalue weighted by molar-refractivity contribution is -0.384. The number of rotatable bonds is 5. The van der Waals surface area contributed by atoms with Crippen LogP contribution in [0.15, 0.2) is 57.9 Å². The van der Waals surface area contributed by atoms with Gasteiger partial charge in [0.1, 0.15) is 17.3 Å². The Balaban J connectivity index is 1.60. The van der Waals surface area contributed by atoms with Gasteiger partial charge in [-0.3, -0.25) is 24.6 Å². The van der Waals surface area contributed by atoms with E-state index >= 15 is 0 Å². The van der Waals surface area contributed by atoms with E-state index in [4.69, 9.17) is 27.6 Å². The van der Waals surface area contributed by atoms with Crippen molar-refractivity contribution < 1.29 is 23.3 Å². The van der Waals surface area contributed by atoms with Gasteiger partial charge in [0.25, 0.3) is 16.8 Å². The first-order valence-corrected chi connectivity index (χ1v) is 10.5. The number of amides is 2. The number of nitrogens with zero attached hydrogens (tertiary/aromatic N) is 2. The van der Waals surface area contributed by atoms with E-state index in [0.717, 1.165) is 4.90 Å². The van der Waals surface area contributed by atoms with Gasteiger partial charge in [-0.25, -0.2) is 4.39 Å². The number of imide groups is 1. The summed E-state index contributed by atoms with van der Waals surface area (Å²) < 4.78 is 19.7. The van der Waals surface area contributed by atoms with Gasteiger partial charge in [-0.2, -0.15) is 0 Å². The zero-order chi connectivity index (χ0) is 23.0. The van der Waals surface area contributed by atoms with E-state index in [1.165, 1.54) is 54.6 Å². The van der Waals surface area contributed by atoms with Crippen LogP contribution in [0.25, 0.3) is 17.4 Å². The summed E-state index contributed by atoms with van der Waals surface area (Å²) in [6.45, 7) is -0.312. The van der Waals surface area contributed by atoms with E-state index < -0.39 is 21.9 Å². The maximum absolute atomic E-state index is 14.1. The van der Waals surface area contributed by atoms with Crippen molar-refractivity contribution in [1.82, 2.24) is 4.90 Å². The molecular weight excluding hydrogens is 482 g/mol. The molecule has 0 aliphatic carbocycles. The molecule has 3 aromatic rings. The van der Waals surface area contributed by atoms with Gasteiger partial charge >= 0.3 is 0 Å². The first-order chi connectivity index (χ1) is 15.2. The Hall–Kier alpha value is -3.14. The molecule has 7 nitrogen and oxygen atoms in total. The SMILES string of the molecule is O=C1S/C(=C\c2ccc(-c3ccc(Cl)cc3[N+](=O)[O-])o2)C(=O)N1Cc1c(F)cccc1Cl. The Kier molecular flexibility index (Phi) is 6.05. The summed E-state index contributed by atoms with van der Waals surface area (Å²) in [5, 5.41) is 11.0.